The molecule has 1 aliphatic heterocycles. The van der Waals surface area contributed by atoms with Crippen molar-refractivity contribution in [3.05, 3.63) is 35.4 Å². The van der Waals surface area contributed by atoms with Crippen LogP contribution >= 0.6 is 0 Å². The summed E-state index contributed by atoms with van der Waals surface area (Å²) in [7, 11) is 6.30. The van der Waals surface area contributed by atoms with E-state index >= 15 is 0 Å². The van der Waals surface area contributed by atoms with Gasteiger partial charge in [-0.05, 0) is 44.0 Å². The van der Waals surface area contributed by atoms with E-state index < -0.39 is 0 Å². The molecule has 1 heterocycles. The highest BCUT2D eigenvalue weighted by Gasteiger charge is 2.36. The summed E-state index contributed by atoms with van der Waals surface area (Å²) in [5.74, 6) is 1.67. The maximum Gasteiger partial charge on any atom is 0.191 e. The maximum atomic E-state index is 5.49. The Labute approximate surface area is 183 Å². The SMILES string of the molecule is CN=C(NCc1ccccc1CN1CCOCC1)NCC1(N(C)C)CCCC(C)C1. The van der Waals surface area contributed by atoms with Gasteiger partial charge < -0.3 is 20.3 Å². The second-order valence-electron chi connectivity index (χ2n) is 9.26. The van der Waals surface area contributed by atoms with Crippen molar-refractivity contribution in [3.63, 3.8) is 0 Å². The Hall–Kier alpha value is -1.63. The molecule has 1 saturated heterocycles. The van der Waals surface area contributed by atoms with Crippen molar-refractivity contribution in [1.82, 2.24) is 20.4 Å². The molecule has 1 aliphatic carbocycles. The van der Waals surface area contributed by atoms with E-state index in [4.69, 9.17) is 4.74 Å². The van der Waals surface area contributed by atoms with Crippen LogP contribution in [-0.2, 0) is 17.8 Å². The molecular weight excluding hydrogens is 374 g/mol. The number of ether oxygens (including phenoxy) is 1. The Morgan fingerprint density at radius 2 is 1.93 bits per heavy atom. The van der Waals surface area contributed by atoms with Crippen LogP contribution in [0, 0.1) is 5.92 Å². The highest BCUT2D eigenvalue weighted by Crippen LogP contribution is 2.35. The lowest BCUT2D eigenvalue weighted by atomic mass is 9.75. The molecule has 2 N–H and O–H groups in total. The molecule has 30 heavy (non-hydrogen) atoms. The summed E-state index contributed by atoms with van der Waals surface area (Å²) in [5.41, 5.74) is 2.93. The van der Waals surface area contributed by atoms with E-state index in [1.807, 2.05) is 7.05 Å². The number of rotatable bonds is 7. The largest absolute Gasteiger partial charge is 0.379 e. The summed E-state index contributed by atoms with van der Waals surface area (Å²) in [5, 5.41) is 7.17. The van der Waals surface area contributed by atoms with Crippen molar-refractivity contribution in [2.75, 3.05) is 54.0 Å². The molecule has 0 aromatic heterocycles. The fourth-order valence-corrected chi connectivity index (χ4v) is 4.89. The third kappa shape index (κ3) is 6.19. The van der Waals surface area contributed by atoms with Gasteiger partial charge in [0.05, 0.1) is 13.2 Å². The van der Waals surface area contributed by atoms with Gasteiger partial charge in [-0.3, -0.25) is 9.89 Å². The van der Waals surface area contributed by atoms with E-state index in [0.29, 0.717) is 0 Å². The van der Waals surface area contributed by atoms with E-state index in [0.717, 1.165) is 57.8 Å². The van der Waals surface area contributed by atoms with Crippen LogP contribution in [0.4, 0.5) is 0 Å². The van der Waals surface area contributed by atoms with Gasteiger partial charge in [-0.1, -0.05) is 44.0 Å². The van der Waals surface area contributed by atoms with Crippen LogP contribution in [0.2, 0.25) is 0 Å². The van der Waals surface area contributed by atoms with Crippen LogP contribution in [0.1, 0.15) is 43.7 Å². The number of hydrogen-bond donors (Lipinski definition) is 2. The third-order valence-electron chi connectivity index (χ3n) is 6.89. The number of benzene rings is 1. The Balaban J connectivity index is 1.56. The van der Waals surface area contributed by atoms with Gasteiger partial charge in [-0.15, -0.1) is 0 Å². The average molecular weight is 416 g/mol. The molecule has 6 heteroatoms. The molecule has 1 aromatic carbocycles. The summed E-state index contributed by atoms with van der Waals surface area (Å²) < 4.78 is 5.49. The van der Waals surface area contributed by atoms with Gasteiger partial charge >= 0.3 is 0 Å². The van der Waals surface area contributed by atoms with Crippen molar-refractivity contribution in [3.8, 4) is 0 Å². The molecule has 0 radical (unpaired) electrons. The molecule has 0 amide bonds. The van der Waals surface area contributed by atoms with Gasteiger partial charge in [0.25, 0.3) is 0 Å². The Bertz CT molecular complexity index is 686. The zero-order valence-electron chi connectivity index (χ0n) is 19.4. The first-order valence-corrected chi connectivity index (χ1v) is 11.5. The first-order chi connectivity index (χ1) is 14.5. The number of nitrogens with one attached hydrogen (secondary N) is 2. The van der Waals surface area contributed by atoms with Crippen LogP contribution in [-0.4, -0.2) is 75.3 Å². The van der Waals surface area contributed by atoms with Gasteiger partial charge in [0.2, 0.25) is 0 Å². The first kappa shape index (κ1) is 23.0. The molecule has 168 valence electrons. The molecule has 3 rings (SSSR count). The molecule has 2 aliphatic rings. The van der Waals surface area contributed by atoms with E-state index in [-0.39, 0.29) is 5.54 Å². The number of nitrogens with zero attached hydrogens (tertiary/aromatic N) is 3. The number of guanidine groups is 1. The molecule has 2 unspecified atom stereocenters. The van der Waals surface area contributed by atoms with Crippen LogP contribution in [0.5, 0.6) is 0 Å². The Kier molecular flexibility index (Phi) is 8.54. The average Bonchev–Trinajstić information content (AvgIpc) is 2.75. The van der Waals surface area contributed by atoms with Gasteiger partial charge in [-0.2, -0.15) is 0 Å². The molecule has 6 nitrogen and oxygen atoms in total. The maximum absolute atomic E-state index is 5.49. The van der Waals surface area contributed by atoms with Gasteiger partial charge in [0.15, 0.2) is 5.96 Å². The standard InChI is InChI=1S/C24H41N5O/c1-20-8-7-11-24(16-20,28(3)4)19-27-23(25-2)26-17-21-9-5-6-10-22(21)18-29-12-14-30-15-13-29/h5-6,9-10,20H,7-8,11-19H2,1-4H3,(H2,25,26,27). The number of hydrogen-bond acceptors (Lipinski definition) is 4. The monoisotopic (exact) mass is 415 g/mol. The summed E-state index contributed by atoms with van der Waals surface area (Å²) in [6.07, 6.45) is 5.15. The van der Waals surface area contributed by atoms with Crippen LogP contribution in [0.3, 0.4) is 0 Å². The van der Waals surface area contributed by atoms with Crippen LogP contribution in [0.15, 0.2) is 29.3 Å². The topological polar surface area (TPSA) is 52.1 Å². The lowest BCUT2D eigenvalue weighted by molar-refractivity contribution is 0.0341. The molecule has 2 atom stereocenters. The quantitative estimate of drug-likeness (QED) is 0.530. The molecule has 1 aromatic rings. The second-order valence-corrected chi connectivity index (χ2v) is 9.26. The van der Waals surface area contributed by atoms with Crippen LogP contribution < -0.4 is 10.6 Å². The minimum Gasteiger partial charge on any atom is -0.379 e. The van der Waals surface area contributed by atoms with E-state index in [1.165, 1.54) is 36.8 Å². The minimum atomic E-state index is 0.212. The highest BCUT2D eigenvalue weighted by atomic mass is 16.5. The second kappa shape index (κ2) is 11.1. The summed E-state index contributed by atoms with van der Waals surface area (Å²) >= 11 is 0. The third-order valence-corrected chi connectivity index (χ3v) is 6.89. The van der Waals surface area contributed by atoms with Crippen molar-refractivity contribution in [2.45, 2.75) is 51.2 Å². The first-order valence-electron chi connectivity index (χ1n) is 11.5. The predicted molar refractivity (Wildman–Crippen MR) is 125 cm³/mol. The predicted octanol–water partition coefficient (Wildman–Crippen LogP) is 2.69. The summed E-state index contributed by atoms with van der Waals surface area (Å²) in [6, 6.07) is 8.73. The fraction of sp³-hybridized carbons (Fsp3) is 0.708. The number of aliphatic imine (C=N–C) groups is 1. The highest BCUT2D eigenvalue weighted by molar-refractivity contribution is 5.79. The number of likely N-dealkylation sites (N-methyl/N-ethyl adjacent to an activating group) is 1. The number of morpholine rings is 1. The minimum absolute atomic E-state index is 0.212. The zero-order valence-corrected chi connectivity index (χ0v) is 19.4. The molecule has 1 saturated carbocycles. The van der Waals surface area contributed by atoms with Gasteiger partial charge in [0.1, 0.15) is 0 Å². The van der Waals surface area contributed by atoms with E-state index in [2.05, 4.69) is 70.7 Å². The smallest absolute Gasteiger partial charge is 0.191 e. The normalized spacial score (nSPS) is 26.0. The lowest BCUT2D eigenvalue weighted by Gasteiger charge is -2.45. The van der Waals surface area contributed by atoms with Gasteiger partial charge in [0, 0.05) is 45.3 Å². The van der Waals surface area contributed by atoms with Crippen molar-refractivity contribution in [1.29, 1.82) is 0 Å². The molecular formula is C24H41N5O. The summed E-state index contributed by atoms with van der Waals surface area (Å²) in [6.45, 7) is 8.77. The molecule has 0 bridgehead atoms. The Morgan fingerprint density at radius 1 is 1.20 bits per heavy atom. The van der Waals surface area contributed by atoms with Crippen molar-refractivity contribution in [2.24, 2.45) is 10.9 Å². The van der Waals surface area contributed by atoms with Gasteiger partial charge in [-0.25, -0.2) is 0 Å². The molecule has 0 spiro atoms. The lowest BCUT2D eigenvalue weighted by Crippen LogP contribution is -2.56. The zero-order chi connectivity index (χ0) is 21.4. The van der Waals surface area contributed by atoms with Crippen molar-refractivity contribution < 1.29 is 4.74 Å². The molecule has 2 fully saturated rings. The Morgan fingerprint density at radius 3 is 2.60 bits per heavy atom. The van der Waals surface area contributed by atoms with E-state index in [9.17, 15) is 0 Å². The summed E-state index contributed by atoms with van der Waals surface area (Å²) in [4.78, 5) is 9.38. The van der Waals surface area contributed by atoms with Crippen LogP contribution in [0.25, 0.3) is 0 Å². The van der Waals surface area contributed by atoms with Crippen molar-refractivity contribution >= 4 is 5.96 Å². The van der Waals surface area contributed by atoms with E-state index in [1.54, 1.807) is 0 Å². The fourth-order valence-electron chi connectivity index (χ4n) is 4.89.